The van der Waals surface area contributed by atoms with Gasteiger partial charge in [-0.2, -0.15) is 0 Å². The van der Waals surface area contributed by atoms with Crippen LogP contribution in [0, 0.1) is 6.92 Å². The van der Waals surface area contributed by atoms with E-state index in [0.717, 1.165) is 43.4 Å². The number of likely N-dealkylation sites (N-methyl/N-ethyl adjacent to an activating group) is 1. The number of aryl methyl sites for hydroxylation is 2. The van der Waals surface area contributed by atoms with Crippen LogP contribution < -0.4 is 10.6 Å². The van der Waals surface area contributed by atoms with Crippen molar-refractivity contribution in [2.24, 2.45) is 0 Å². The Morgan fingerprint density at radius 3 is 2.67 bits per heavy atom. The van der Waals surface area contributed by atoms with E-state index in [1.54, 1.807) is 0 Å². The van der Waals surface area contributed by atoms with Gasteiger partial charge in [0.05, 0.1) is 0 Å². The van der Waals surface area contributed by atoms with E-state index in [-0.39, 0.29) is 0 Å². The standard InChI is InChI=1S/C11H20N4/c1-4-10-8-11(15-9(3)14-10)13-7-6-12-5-2/h8,12H,4-7H2,1-3H3,(H,13,14,15). The lowest BCUT2D eigenvalue weighted by molar-refractivity contribution is 0.737. The Kier molecular flexibility index (Phi) is 5.04. The number of hydrogen-bond donors (Lipinski definition) is 2. The summed E-state index contributed by atoms with van der Waals surface area (Å²) in [7, 11) is 0. The molecule has 0 spiro atoms. The first-order valence-electron chi connectivity index (χ1n) is 5.55. The third-order valence-corrected chi connectivity index (χ3v) is 2.11. The van der Waals surface area contributed by atoms with Gasteiger partial charge in [-0.1, -0.05) is 13.8 Å². The van der Waals surface area contributed by atoms with Gasteiger partial charge in [-0.05, 0) is 19.9 Å². The minimum absolute atomic E-state index is 0.834. The maximum absolute atomic E-state index is 4.33. The SMILES string of the molecule is CCNCCNc1cc(CC)nc(C)n1. The first-order valence-corrected chi connectivity index (χ1v) is 5.55. The van der Waals surface area contributed by atoms with E-state index in [2.05, 4.69) is 34.4 Å². The number of anilines is 1. The summed E-state index contributed by atoms with van der Waals surface area (Å²) in [6, 6.07) is 2.01. The van der Waals surface area contributed by atoms with Gasteiger partial charge in [-0.25, -0.2) is 9.97 Å². The van der Waals surface area contributed by atoms with Crippen molar-refractivity contribution in [1.29, 1.82) is 0 Å². The molecule has 0 aliphatic rings. The van der Waals surface area contributed by atoms with Gasteiger partial charge in [0.25, 0.3) is 0 Å². The second-order valence-electron chi connectivity index (χ2n) is 3.43. The Bertz CT molecular complexity index is 299. The van der Waals surface area contributed by atoms with Crippen LogP contribution in [0.4, 0.5) is 5.82 Å². The van der Waals surface area contributed by atoms with Crippen molar-refractivity contribution in [2.75, 3.05) is 25.0 Å². The number of rotatable bonds is 6. The highest BCUT2D eigenvalue weighted by molar-refractivity contribution is 5.35. The highest BCUT2D eigenvalue weighted by Crippen LogP contribution is 2.06. The molecular weight excluding hydrogens is 188 g/mol. The molecule has 4 heteroatoms. The second kappa shape index (κ2) is 6.35. The summed E-state index contributed by atoms with van der Waals surface area (Å²) in [6.07, 6.45) is 0.950. The van der Waals surface area contributed by atoms with Crippen LogP contribution in [0.25, 0.3) is 0 Å². The maximum atomic E-state index is 4.33. The average molecular weight is 208 g/mol. The van der Waals surface area contributed by atoms with Crippen molar-refractivity contribution in [3.8, 4) is 0 Å². The molecule has 15 heavy (non-hydrogen) atoms. The number of aromatic nitrogens is 2. The quantitative estimate of drug-likeness (QED) is 0.693. The van der Waals surface area contributed by atoms with Crippen molar-refractivity contribution in [2.45, 2.75) is 27.2 Å². The fraction of sp³-hybridized carbons (Fsp3) is 0.636. The summed E-state index contributed by atoms with van der Waals surface area (Å²) in [4.78, 5) is 8.66. The van der Waals surface area contributed by atoms with Crippen LogP contribution in [-0.4, -0.2) is 29.6 Å². The van der Waals surface area contributed by atoms with Gasteiger partial charge >= 0.3 is 0 Å². The van der Waals surface area contributed by atoms with Crippen LogP contribution in [0.15, 0.2) is 6.07 Å². The van der Waals surface area contributed by atoms with Crippen molar-refractivity contribution < 1.29 is 0 Å². The molecule has 0 saturated carbocycles. The van der Waals surface area contributed by atoms with Crippen molar-refractivity contribution >= 4 is 5.82 Å². The second-order valence-corrected chi connectivity index (χ2v) is 3.43. The van der Waals surface area contributed by atoms with E-state index in [4.69, 9.17) is 0 Å². The van der Waals surface area contributed by atoms with Crippen LogP contribution in [0.3, 0.4) is 0 Å². The Balaban J connectivity index is 2.49. The predicted molar refractivity (Wildman–Crippen MR) is 63.2 cm³/mol. The van der Waals surface area contributed by atoms with Crippen LogP contribution in [0.5, 0.6) is 0 Å². The number of hydrogen-bond acceptors (Lipinski definition) is 4. The van der Waals surface area contributed by atoms with Crippen LogP contribution in [0.1, 0.15) is 25.4 Å². The molecular formula is C11H20N4. The fourth-order valence-electron chi connectivity index (χ4n) is 1.36. The van der Waals surface area contributed by atoms with Gasteiger partial charge < -0.3 is 10.6 Å². The third kappa shape index (κ3) is 4.25. The van der Waals surface area contributed by atoms with Gasteiger partial charge in [0, 0.05) is 24.8 Å². The first-order chi connectivity index (χ1) is 7.26. The molecule has 0 aromatic carbocycles. The molecule has 0 aliphatic carbocycles. The molecule has 0 amide bonds. The predicted octanol–water partition coefficient (Wildman–Crippen LogP) is 1.37. The van der Waals surface area contributed by atoms with E-state index >= 15 is 0 Å². The van der Waals surface area contributed by atoms with Gasteiger partial charge in [0.2, 0.25) is 0 Å². The molecule has 1 rings (SSSR count). The first kappa shape index (κ1) is 11.9. The summed E-state index contributed by atoms with van der Waals surface area (Å²) in [5.74, 6) is 1.76. The molecule has 0 atom stereocenters. The van der Waals surface area contributed by atoms with Crippen molar-refractivity contribution in [1.82, 2.24) is 15.3 Å². The van der Waals surface area contributed by atoms with E-state index in [1.807, 2.05) is 13.0 Å². The molecule has 84 valence electrons. The molecule has 0 bridgehead atoms. The van der Waals surface area contributed by atoms with E-state index in [9.17, 15) is 0 Å². The minimum Gasteiger partial charge on any atom is -0.369 e. The molecule has 0 radical (unpaired) electrons. The summed E-state index contributed by atoms with van der Waals surface area (Å²) < 4.78 is 0. The summed E-state index contributed by atoms with van der Waals surface area (Å²) in [5, 5.41) is 6.54. The number of nitrogens with one attached hydrogen (secondary N) is 2. The van der Waals surface area contributed by atoms with E-state index < -0.39 is 0 Å². The molecule has 0 aliphatic heterocycles. The van der Waals surface area contributed by atoms with Crippen LogP contribution in [-0.2, 0) is 6.42 Å². The Morgan fingerprint density at radius 1 is 1.20 bits per heavy atom. The molecule has 0 unspecified atom stereocenters. The lowest BCUT2D eigenvalue weighted by Gasteiger charge is -2.07. The topological polar surface area (TPSA) is 49.8 Å². The Hall–Kier alpha value is -1.16. The van der Waals surface area contributed by atoms with Crippen molar-refractivity contribution in [3.63, 3.8) is 0 Å². The number of nitrogens with zero attached hydrogens (tertiary/aromatic N) is 2. The Labute approximate surface area is 91.5 Å². The molecule has 4 nitrogen and oxygen atoms in total. The maximum Gasteiger partial charge on any atom is 0.129 e. The summed E-state index contributed by atoms with van der Waals surface area (Å²) in [5.41, 5.74) is 1.09. The van der Waals surface area contributed by atoms with Gasteiger partial charge in [0.1, 0.15) is 11.6 Å². The smallest absolute Gasteiger partial charge is 0.129 e. The highest BCUT2D eigenvalue weighted by Gasteiger charge is 1.99. The summed E-state index contributed by atoms with van der Waals surface area (Å²) in [6.45, 7) is 8.99. The zero-order valence-electron chi connectivity index (χ0n) is 9.80. The molecule has 2 N–H and O–H groups in total. The van der Waals surface area contributed by atoms with E-state index in [0.29, 0.717) is 0 Å². The van der Waals surface area contributed by atoms with E-state index in [1.165, 1.54) is 0 Å². The zero-order chi connectivity index (χ0) is 11.1. The molecule has 0 fully saturated rings. The lowest BCUT2D eigenvalue weighted by atomic mass is 10.3. The molecule has 0 saturated heterocycles. The van der Waals surface area contributed by atoms with Gasteiger partial charge in [-0.3, -0.25) is 0 Å². The Morgan fingerprint density at radius 2 is 2.00 bits per heavy atom. The minimum atomic E-state index is 0.834. The normalized spacial score (nSPS) is 10.3. The highest BCUT2D eigenvalue weighted by atomic mass is 15.0. The van der Waals surface area contributed by atoms with Gasteiger partial charge in [-0.15, -0.1) is 0 Å². The van der Waals surface area contributed by atoms with Gasteiger partial charge in [0.15, 0.2) is 0 Å². The molecule has 1 heterocycles. The van der Waals surface area contributed by atoms with Crippen LogP contribution in [0.2, 0.25) is 0 Å². The molecule has 1 aromatic rings. The van der Waals surface area contributed by atoms with Crippen LogP contribution >= 0.6 is 0 Å². The largest absolute Gasteiger partial charge is 0.369 e. The summed E-state index contributed by atoms with van der Waals surface area (Å²) >= 11 is 0. The fourth-order valence-corrected chi connectivity index (χ4v) is 1.36. The monoisotopic (exact) mass is 208 g/mol. The average Bonchev–Trinajstić information content (AvgIpc) is 2.23. The third-order valence-electron chi connectivity index (χ3n) is 2.11. The lowest BCUT2D eigenvalue weighted by Crippen LogP contribution is -2.22. The van der Waals surface area contributed by atoms with Crippen molar-refractivity contribution in [3.05, 3.63) is 17.6 Å². The molecule has 1 aromatic heterocycles. The zero-order valence-corrected chi connectivity index (χ0v) is 9.80.